The van der Waals surface area contributed by atoms with Crippen LogP contribution in [0, 0.1) is 3.57 Å². The Bertz CT molecular complexity index is 355. The van der Waals surface area contributed by atoms with Crippen LogP contribution in [0.4, 0.5) is 4.79 Å². The average molecular weight is 351 g/mol. The first-order chi connectivity index (χ1) is 8.13. The largest absolute Gasteiger partial charge is 0.492 e. The number of hydrogen-bond acceptors (Lipinski definition) is 3. The highest BCUT2D eigenvalue weighted by Gasteiger charge is 2.10. The Balaban J connectivity index is 2.35. The molecule has 0 fully saturated rings. The van der Waals surface area contributed by atoms with E-state index in [0.717, 1.165) is 8.47 Å². The summed E-state index contributed by atoms with van der Waals surface area (Å²) in [7, 11) is 0. The molecule has 0 unspecified atom stereocenters. The van der Waals surface area contributed by atoms with E-state index in [1.165, 1.54) is 0 Å². The summed E-state index contributed by atoms with van der Waals surface area (Å²) in [5.74, 6) is 0.708. The van der Waals surface area contributed by atoms with Crippen molar-refractivity contribution in [3.8, 4) is 5.75 Å². The Labute approximate surface area is 113 Å². The Morgan fingerprint density at radius 2 is 1.94 bits per heavy atom. The van der Waals surface area contributed by atoms with Gasteiger partial charge in [-0.15, -0.1) is 0 Å². The van der Waals surface area contributed by atoms with Gasteiger partial charge in [-0.05, 0) is 46.9 Å². The van der Waals surface area contributed by atoms with Crippen molar-refractivity contribution >= 4 is 28.7 Å². The molecule has 0 aliphatic heterocycles. The maximum absolute atomic E-state index is 10.7. The Morgan fingerprint density at radius 1 is 1.29 bits per heavy atom. The van der Waals surface area contributed by atoms with Crippen molar-refractivity contribution in [2.24, 2.45) is 0 Å². The molecule has 0 bridgehead atoms. The number of benzene rings is 1. The quantitative estimate of drug-likeness (QED) is 0.765. The van der Waals surface area contributed by atoms with Crippen LogP contribution < -0.4 is 4.74 Å². The lowest BCUT2D eigenvalue weighted by Crippen LogP contribution is -2.35. The number of rotatable bonds is 6. The van der Waals surface area contributed by atoms with E-state index >= 15 is 0 Å². The maximum atomic E-state index is 10.7. The summed E-state index contributed by atoms with van der Waals surface area (Å²) in [5, 5.41) is 17.5. The van der Waals surface area contributed by atoms with Crippen molar-refractivity contribution in [3.05, 3.63) is 27.8 Å². The van der Waals surface area contributed by atoms with E-state index in [2.05, 4.69) is 22.6 Å². The Kier molecular flexibility index (Phi) is 6.06. The lowest BCUT2D eigenvalue weighted by molar-refractivity contribution is 0.122. The number of aliphatic hydroxyl groups is 1. The van der Waals surface area contributed by atoms with Crippen LogP contribution in [0.3, 0.4) is 0 Å². The predicted molar refractivity (Wildman–Crippen MR) is 71.3 cm³/mol. The minimum atomic E-state index is -1.05. The van der Waals surface area contributed by atoms with Gasteiger partial charge >= 0.3 is 6.09 Å². The average Bonchev–Trinajstić information content (AvgIpc) is 2.30. The SMILES string of the molecule is O=C(O)N(CCO)CCOc1ccc(I)cc1. The third-order valence-corrected chi connectivity index (χ3v) is 2.80. The first kappa shape index (κ1) is 14.0. The van der Waals surface area contributed by atoms with Gasteiger partial charge in [0.15, 0.2) is 0 Å². The molecule has 0 aromatic heterocycles. The fourth-order valence-electron chi connectivity index (χ4n) is 1.23. The van der Waals surface area contributed by atoms with Crippen molar-refractivity contribution in [1.82, 2.24) is 4.90 Å². The molecule has 0 saturated heterocycles. The number of nitrogens with zero attached hydrogens (tertiary/aromatic N) is 1. The summed E-state index contributed by atoms with van der Waals surface area (Å²) >= 11 is 2.20. The van der Waals surface area contributed by atoms with Gasteiger partial charge in [-0.25, -0.2) is 4.79 Å². The molecule has 1 aromatic carbocycles. The fourth-order valence-corrected chi connectivity index (χ4v) is 1.59. The number of ether oxygens (including phenoxy) is 1. The second-order valence-corrected chi connectivity index (χ2v) is 4.54. The molecule has 6 heteroatoms. The van der Waals surface area contributed by atoms with Crippen LogP contribution in [0.2, 0.25) is 0 Å². The predicted octanol–water partition coefficient (Wildman–Crippen LogP) is 1.64. The number of aliphatic hydroxyl groups excluding tert-OH is 1. The number of carboxylic acid groups (broad SMARTS) is 1. The molecular formula is C11H14INO4. The molecule has 94 valence electrons. The van der Waals surface area contributed by atoms with Gasteiger partial charge in [-0.3, -0.25) is 0 Å². The molecule has 0 atom stereocenters. The summed E-state index contributed by atoms with van der Waals surface area (Å²) in [6.45, 7) is 0.427. The minimum absolute atomic E-state index is 0.103. The molecule has 1 aromatic rings. The second kappa shape index (κ2) is 7.33. The Morgan fingerprint density at radius 3 is 2.47 bits per heavy atom. The monoisotopic (exact) mass is 351 g/mol. The van der Waals surface area contributed by atoms with Crippen molar-refractivity contribution in [2.45, 2.75) is 0 Å². The normalized spacial score (nSPS) is 10.0. The molecular weight excluding hydrogens is 337 g/mol. The summed E-state index contributed by atoms with van der Waals surface area (Å²) in [6, 6.07) is 7.50. The van der Waals surface area contributed by atoms with Crippen molar-refractivity contribution in [2.75, 3.05) is 26.3 Å². The molecule has 0 aliphatic carbocycles. The third-order valence-electron chi connectivity index (χ3n) is 2.08. The molecule has 1 amide bonds. The molecule has 5 nitrogen and oxygen atoms in total. The lowest BCUT2D eigenvalue weighted by atomic mass is 10.3. The van der Waals surface area contributed by atoms with Crippen LogP contribution in [0.1, 0.15) is 0 Å². The van der Waals surface area contributed by atoms with E-state index in [-0.39, 0.29) is 26.3 Å². The van der Waals surface area contributed by atoms with E-state index in [4.69, 9.17) is 14.9 Å². The summed E-state index contributed by atoms with van der Waals surface area (Å²) in [4.78, 5) is 11.9. The van der Waals surface area contributed by atoms with E-state index in [9.17, 15) is 4.79 Å². The number of hydrogen-bond donors (Lipinski definition) is 2. The van der Waals surface area contributed by atoms with Crippen LogP contribution in [0.5, 0.6) is 5.75 Å². The van der Waals surface area contributed by atoms with E-state index in [1.54, 1.807) is 0 Å². The summed E-state index contributed by atoms with van der Waals surface area (Å²) in [5.41, 5.74) is 0. The van der Waals surface area contributed by atoms with Gasteiger partial charge in [-0.1, -0.05) is 0 Å². The zero-order chi connectivity index (χ0) is 12.7. The van der Waals surface area contributed by atoms with Crippen molar-refractivity contribution in [3.63, 3.8) is 0 Å². The van der Waals surface area contributed by atoms with Gasteiger partial charge in [0.1, 0.15) is 12.4 Å². The third kappa shape index (κ3) is 5.22. The molecule has 0 aliphatic rings. The van der Waals surface area contributed by atoms with Gasteiger partial charge in [0.25, 0.3) is 0 Å². The van der Waals surface area contributed by atoms with Crippen molar-refractivity contribution in [1.29, 1.82) is 0 Å². The van der Waals surface area contributed by atoms with E-state index in [0.29, 0.717) is 5.75 Å². The van der Waals surface area contributed by atoms with E-state index < -0.39 is 6.09 Å². The van der Waals surface area contributed by atoms with Crippen LogP contribution in [-0.4, -0.2) is 47.5 Å². The highest BCUT2D eigenvalue weighted by molar-refractivity contribution is 14.1. The zero-order valence-electron chi connectivity index (χ0n) is 9.17. The van der Waals surface area contributed by atoms with Gasteiger partial charge in [-0.2, -0.15) is 0 Å². The lowest BCUT2D eigenvalue weighted by Gasteiger charge is -2.17. The van der Waals surface area contributed by atoms with Gasteiger partial charge in [0.2, 0.25) is 0 Å². The molecule has 0 saturated carbocycles. The summed E-state index contributed by atoms with van der Waals surface area (Å²) in [6.07, 6.45) is -1.05. The fraction of sp³-hybridized carbons (Fsp3) is 0.364. The molecule has 0 spiro atoms. The van der Waals surface area contributed by atoms with Crippen LogP contribution in [0.25, 0.3) is 0 Å². The van der Waals surface area contributed by atoms with Crippen LogP contribution >= 0.6 is 22.6 Å². The topological polar surface area (TPSA) is 70.0 Å². The Hall–Kier alpha value is -1.02. The number of amides is 1. The van der Waals surface area contributed by atoms with Gasteiger partial charge in [0, 0.05) is 10.1 Å². The number of halogens is 1. The number of carbonyl (C=O) groups is 1. The van der Waals surface area contributed by atoms with Gasteiger partial charge < -0.3 is 19.8 Å². The highest BCUT2D eigenvalue weighted by Crippen LogP contribution is 2.13. The standard InChI is InChI=1S/C11H14INO4/c12-9-1-3-10(4-2-9)17-8-6-13(5-7-14)11(15)16/h1-4,14H,5-8H2,(H,15,16). The first-order valence-corrected chi connectivity index (χ1v) is 6.18. The second-order valence-electron chi connectivity index (χ2n) is 3.30. The molecule has 2 N–H and O–H groups in total. The molecule has 1 rings (SSSR count). The van der Waals surface area contributed by atoms with Crippen LogP contribution in [0.15, 0.2) is 24.3 Å². The molecule has 0 radical (unpaired) electrons. The first-order valence-electron chi connectivity index (χ1n) is 5.10. The maximum Gasteiger partial charge on any atom is 0.407 e. The zero-order valence-corrected chi connectivity index (χ0v) is 11.3. The van der Waals surface area contributed by atoms with Gasteiger partial charge in [0.05, 0.1) is 13.2 Å². The van der Waals surface area contributed by atoms with Crippen molar-refractivity contribution < 1.29 is 19.7 Å². The highest BCUT2D eigenvalue weighted by atomic mass is 127. The molecule has 17 heavy (non-hydrogen) atoms. The van der Waals surface area contributed by atoms with Crippen LogP contribution in [-0.2, 0) is 0 Å². The smallest absolute Gasteiger partial charge is 0.407 e. The summed E-state index contributed by atoms with van der Waals surface area (Å²) < 4.78 is 6.51. The minimum Gasteiger partial charge on any atom is -0.492 e. The molecule has 0 heterocycles. The van der Waals surface area contributed by atoms with E-state index in [1.807, 2.05) is 24.3 Å².